The summed E-state index contributed by atoms with van der Waals surface area (Å²) in [5, 5.41) is 11.5. The molecule has 0 saturated heterocycles. The fraction of sp³-hybridized carbons (Fsp3) is 0.588. The number of thioether (sulfide) groups is 1. The molecule has 0 aliphatic carbocycles. The Bertz CT molecular complexity index is 625. The molecule has 0 atom stereocenters. The number of aromatic nitrogens is 3. The minimum absolute atomic E-state index is 0.689. The SMILES string of the molecule is CCc1nncn1CCNC(=NCCCSC)N(C)Cc1ccco1. The maximum atomic E-state index is 5.44. The molecule has 138 valence electrons. The highest BCUT2D eigenvalue weighted by atomic mass is 32.2. The maximum Gasteiger partial charge on any atom is 0.194 e. The van der Waals surface area contributed by atoms with Gasteiger partial charge in [-0.2, -0.15) is 11.8 Å². The zero-order chi connectivity index (χ0) is 17.9. The summed E-state index contributed by atoms with van der Waals surface area (Å²) >= 11 is 1.85. The monoisotopic (exact) mass is 364 g/mol. The van der Waals surface area contributed by atoms with Crippen LogP contribution in [-0.4, -0.2) is 57.8 Å². The number of hydrogen-bond acceptors (Lipinski definition) is 5. The van der Waals surface area contributed by atoms with E-state index in [2.05, 4.69) is 38.2 Å². The van der Waals surface area contributed by atoms with Crippen LogP contribution >= 0.6 is 11.8 Å². The van der Waals surface area contributed by atoms with Gasteiger partial charge in [-0.3, -0.25) is 4.99 Å². The van der Waals surface area contributed by atoms with Crippen LogP contribution in [-0.2, 0) is 19.5 Å². The molecule has 0 aromatic carbocycles. The fourth-order valence-electron chi connectivity index (χ4n) is 2.44. The predicted octanol–water partition coefficient (Wildman–Crippen LogP) is 2.26. The van der Waals surface area contributed by atoms with Crippen molar-refractivity contribution >= 4 is 17.7 Å². The Morgan fingerprint density at radius 2 is 2.36 bits per heavy atom. The first-order valence-electron chi connectivity index (χ1n) is 8.62. The standard InChI is InChI=1S/C17H28N6OS/c1-4-16-21-20-14-23(16)10-9-19-17(18-8-6-12-25-3)22(2)13-15-7-5-11-24-15/h5,7,11,14H,4,6,8-10,12-13H2,1-3H3,(H,18,19). The highest BCUT2D eigenvalue weighted by molar-refractivity contribution is 7.98. The van der Waals surface area contributed by atoms with Gasteiger partial charge in [0.25, 0.3) is 0 Å². The molecule has 25 heavy (non-hydrogen) atoms. The summed E-state index contributed by atoms with van der Waals surface area (Å²) in [6.07, 6.45) is 7.56. The first-order valence-corrected chi connectivity index (χ1v) is 10.0. The molecule has 0 saturated carbocycles. The number of hydrogen-bond donors (Lipinski definition) is 1. The number of nitrogens with zero attached hydrogens (tertiary/aromatic N) is 5. The highest BCUT2D eigenvalue weighted by Gasteiger charge is 2.09. The van der Waals surface area contributed by atoms with Gasteiger partial charge in [0.2, 0.25) is 0 Å². The smallest absolute Gasteiger partial charge is 0.194 e. The Morgan fingerprint density at radius 1 is 1.48 bits per heavy atom. The second kappa shape index (κ2) is 10.8. The van der Waals surface area contributed by atoms with Crippen molar-refractivity contribution in [2.24, 2.45) is 4.99 Å². The molecule has 7 nitrogen and oxygen atoms in total. The van der Waals surface area contributed by atoms with Gasteiger partial charge in [0.15, 0.2) is 5.96 Å². The third-order valence-electron chi connectivity index (χ3n) is 3.75. The van der Waals surface area contributed by atoms with Crippen LogP contribution in [0.25, 0.3) is 0 Å². The minimum atomic E-state index is 0.689. The van der Waals surface area contributed by atoms with E-state index in [1.54, 1.807) is 12.6 Å². The molecule has 0 amide bonds. The van der Waals surface area contributed by atoms with E-state index < -0.39 is 0 Å². The van der Waals surface area contributed by atoms with Crippen LogP contribution in [0, 0.1) is 0 Å². The lowest BCUT2D eigenvalue weighted by atomic mass is 10.4. The topological polar surface area (TPSA) is 71.5 Å². The van der Waals surface area contributed by atoms with E-state index in [4.69, 9.17) is 9.41 Å². The molecule has 0 fully saturated rings. The zero-order valence-electron chi connectivity index (χ0n) is 15.3. The van der Waals surface area contributed by atoms with Crippen molar-refractivity contribution in [2.45, 2.75) is 32.9 Å². The van der Waals surface area contributed by atoms with Gasteiger partial charge < -0.3 is 19.2 Å². The Morgan fingerprint density at radius 3 is 3.08 bits per heavy atom. The van der Waals surface area contributed by atoms with Crippen LogP contribution in [0.15, 0.2) is 34.1 Å². The van der Waals surface area contributed by atoms with Crippen molar-refractivity contribution in [3.05, 3.63) is 36.3 Å². The summed E-state index contributed by atoms with van der Waals surface area (Å²) in [7, 11) is 2.03. The Labute approximate surface area is 153 Å². The number of furan rings is 1. The first-order chi connectivity index (χ1) is 12.2. The minimum Gasteiger partial charge on any atom is -0.467 e. The summed E-state index contributed by atoms with van der Waals surface area (Å²) in [6.45, 7) is 5.18. The summed E-state index contributed by atoms with van der Waals surface area (Å²) in [6, 6.07) is 3.89. The maximum absolute atomic E-state index is 5.44. The third kappa shape index (κ3) is 6.45. The number of nitrogens with one attached hydrogen (secondary N) is 1. The van der Waals surface area contributed by atoms with Gasteiger partial charge in [-0.25, -0.2) is 0 Å². The molecule has 1 N–H and O–H groups in total. The van der Waals surface area contributed by atoms with Crippen molar-refractivity contribution in [1.29, 1.82) is 0 Å². The van der Waals surface area contributed by atoms with E-state index in [9.17, 15) is 0 Å². The molecule has 2 aromatic rings. The molecule has 8 heteroatoms. The van der Waals surface area contributed by atoms with Gasteiger partial charge >= 0.3 is 0 Å². The average molecular weight is 365 g/mol. The highest BCUT2D eigenvalue weighted by Crippen LogP contribution is 2.04. The van der Waals surface area contributed by atoms with Crippen LogP contribution in [0.5, 0.6) is 0 Å². The molecule has 0 spiro atoms. The Balaban J connectivity index is 1.90. The second-order valence-electron chi connectivity index (χ2n) is 5.71. The van der Waals surface area contributed by atoms with Crippen LogP contribution in [0.2, 0.25) is 0 Å². The van der Waals surface area contributed by atoms with E-state index in [1.165, 1.54) is 0 Å². The van der Waals surface area contributed by atoms with Crippen molar-refractivity contribution in [3.8, 4) is 0 Å². The molecule has 0 unspecified atom stereocenters. The predicted molar refractivity (Wildman–Crippen MR) is 103 cm³/mol. The zero-order valence-corrected chi connectivity index (χ0v) is 16.1. The van der Waals surface area contributed by atoms with Gasteiger partial charge in [0.05, 0.1) is 12.8 Å². The summed E-state index contributed by atoms with van der Waals surface area (Å²) in [5.41, 5.74) is 0. The lowest BCUT2D eigenvalue weighted by Crippen LogP contribution is -2.40. The molecule has 2 rings (SSSR count). The van der Waals surface area contributed by atoms with Gasteiger partial charge in [-0.1, -0.05) is 6.92 Å². The largest absolute Gasteiger partial charge is 0.467 e. The van der Waals surface area contributed by atoms with Crippen LogP contribution in [0.3, 0.4) is 0 Å². The Hall–Kier alpha value is -1.96. The molecule has 0 bridgehead atoms. The average Bonchev–Trinajstić information content (AvgIpc) is 3.28. The third-order valence-corrected chi connectivity index (χ3v) is 4.45. The number of aryl methyl sites for hydroxylation is 1. The van der Waals surface area contributed by atoms with Crippen LogP contribution in [0.4, 0.5) is 0 Å². The molecule has 2 heterocycles. The molecular weight excluding hydrogens is 336 g/mol. The summed E-state index contributed by atoms with van der Waals surface area (Å²) in [5.74, 6) is 3.94. The van der Waals surface area contributed by atoms with Crippen molar-refractivity contribution in [3.63, 3.8) is 0 Å². The quantitative estimate of drug-likeness (QED) is 0.396. The summed E-state index contributed by atoms with van der Waals surface area (Å²) in [4.78, 5) is 6.83. The van der Waals surface area contributed by atoms with E-state index >= 15 is 0 Å². The van der Waals surface area contributed by atoms with Crippen molar-refractivity contribution < 1.29 is 4.42 Å². The van der Waals surface area contributed by atoms with E-state index in [0.29, 0.717) is 6.54 Å². The molecular formula is C17H28N6OS. The van der Waals surface area contributed by atoms with Gasteiger partial charge in [-0.05, 0) is 30.6 Å². The van der Waals surface area contributed by atoms with Gasteiger partial charge in [0.1, 0.15) is 17.9 Å². The molecule has 2 aromatic heterocycles. The lowest BCUT2D eigenvalue weighted by Gasteiger charge is -2.22. The lowest BCUT2D eigenvalue weighted by molar-refractivity contribution is 0.398. The van der Waals surface area contributed by atoms with E-state index in [1.807, 2.05) is 30.9 Å². The normalized spacial score (nSPS) is 11.7. The fourth-order valence-corrected chi connectivity index (χ4v) is 2.86. The molecule has 0 aliphatic heterocycles. The van der Waals surface area contributed by atoms with Gasteiger partial charge in [0, 0.05) is 33.1 Å². The van der Waals surface area contributed by atoms with Crippen molar-refractivity contribution in [1.82, 2.24) is 25.0 Å². The Kier molecular flexibility index (Phi) is 8.38. The number of guanidine groups is 1. The number of rotatable bonds is 10. The van der Waals surface area contributed by atoms with Crippen molar-refractivity contribution in [2.75, 3.05) is 32.1 Å². The molecule has 0 aliphatic rings. The summed E-state index contributed by atoms with van der Waals surface area (Å²) < 4.78 is 7.52. The van der Waals surface area contributed by atoms with Gasteiger partial charge in [-0.15, -0.1) is 10.2 Å². The van der Waals surface area contributed by atoms with Crippen LogP contribution in [0.1, 0.15) is 24.9 Å². The van der Waals surface area contributed by atoms with E-state index in [0.717, 1.165) is 55.8 Å². The first kappa shape index (κ1) is 19.4. The second-order valence-corrected chi connectivity index (χ2v) is 6.69. The van der Waals surface area contributed by atoms with E-state index in [-0.39, 0.29) is 0 Å². The number of aliphatic imine (C=N–C) groups is 1. The molecule has 0 radical (unpaired) electrons. The van der Waals surface area contributed by atoms with Crippen LogP contribution < -0.4 is 5.32 Å².